The van der Waals surface area contributed by atoms with Gasteiger partial charge in [0.1, 0.15) is 5.82 Å². The van der Waals surface area contributed by atoms with Crippen molar-refractivity contribution in [2.24, 2.45) is 0 Å². The van der Waals surface area contributed by atoms with E-state index in [-0.39, 0.29) is 5.56 Å². The fraction of sp³-hybridized carbons (Fsp3) is 0.385. The van der Waals surface area contributed by atoms with E-state index in [1.165, 1.54) is 0 Å². The van der Waals surface area contributed by atoms with Gasteiger partial charge in [-0.3, -0.25) is 9.36 Å². The molecule has 1 aromatic heterocycles. The normalized spacial score (nSPS) is 15.1. The molecular formula is C13H14N2O. The van der Waals surface area contributed by atoms with Crippen LogP contribution in [-0.4, -0.2) is 9.55 Å². The molecule has 0 N–H and O–H groups in total. The van der Waals surface area contributed by atoms with E-state index in [2.05, 4.69) is 4.98 Å². The van der Waals surface area contributed by atoms with Crippen molar-refractivity contribution in [1.29, 1.82) is 0 Å². The summed E-state index contributed by atoms with van der Waals surface area (Å²) in [6, 6.07) is 5.86. The summed E-state index contributed by atoms with van der Waals surface area (Å²) in [5, 5.41) is 0.747. The minimum absolute atomic E-state index is 0.125. The van der Waals surface area contributed by atoms with Gasteiger partial charge >= 0.3 is 0 Å². The Balaban J connectivity index is 2.39. The van der Waals surface area contributed by atoms with Crippen LogP contribution >= 0.6 is 0 Å². The first kappa shape index (κ1) is 9.58. The van der Waals surface area contributed by atoms with Gasteiger partial charge in [-0.15, -0.1) is 0 Å². The van der Waals surface area contributed by atoms with E-state index in [0.29, 0.717) is 0 Å². The highest BCUT2D eigenvalue weighted by Gasteiger charge is 2.14. The molecule has 0 unspecified atom stereocenters. The maximum atomic E-state index is 12.2. The number of hydrogen-bond acceptors (Lipinski definition) is 2. The zero-order valence-corrected chi connectivity index (χ0v) is 9.36. The molecule has 0 aliphatic carbocycles. The van der Waals surface area contributed by atoms with Crippen molar-refractivity contribution in [2.45, 2.75) is 32.7 Å². The zero-order valence-electron chi connectivity index (χ0n) is 9.36. The lowest BCUT2D eigenvalue weighted by molar-refractivity contribution is 0.501. The van der Waals surface area contributed by atoms with Crippen LogP contribution in [0.2, 0.25) is 0 Å². The van der Waals surface area contributed by atoms with Gasteiger partial charge in [0.15, 0.2) is 0 Å². The van der Waals surface area contributed by atoms with Crippen molar-refractivity contribution in [3.63, 3.8) is 0 Å². The van der Waals surface area contributed by atoms with E-state index in [0.717, 1.165) is 48.1 Å². The highest BCUT2D eigenvalue weighted by molar-refractivity contribution is 5.78. The van der Waals surface area contributed by atoms with Gasteiger partial charge in [0.05, 0.1) is 10.9 Å². The molecule has 1 aliphatic rings. The molecule has 1 aromatic carbocycles. The molecule has 0 saturated carbocycles. The lowest BCUT2D eigenvalue weighted by Crippen LogP contribution is -2.28. The number of aryl methyl sites for hydroxylation is 2. The van der Waals surface area contributed by atoms with E-state index >= 15 is 0 Å². The number of nitrogens with zero attached hydrogens (tertiary/aromatic N) is 2. The average molecular weight is 214 g/mol. The second-order valence-electron chi connectivity index (χ2n) is 4.46. The van der Waals surface area contributed by atoms with Crippen molar-refractivity contribution in [3.8, 4) is 0 Å². The molecule has 0 spiro atoms. The molecule has 2 aromatic rings. The van der Waals surface area contributed by atoms with Gasteiger partial charge in [0.2, 0.25) is 0 Å². The van der Waals surface area contributed by atoms with Gasteiger partial charge in [-0.1, -0.05) is 6.07 Å². The molecule has 0 bridgehead atoms. The van der Waals surface area contributed by atoms with Crippen molar-refractivity contribution in [3.05, 3.63) is 39.9 Å². The van der Waals surface area contributed by atoms with Crippen LogP contribution in [0.3, 0.4) is 0 Å². The van der Waals surface area contributed by atoms with Crippen LogP contribution in [0.1, 0.15) is 24.2 Å². The maximum absolute atomic E-state index is 12.2. The summed E-state index contributed by atoms with van der Waals surface area (Å²) in [7, 11) is 0. The highest BCUT2D eigenvalue weighted by atomic mass is 16.1. The van der Waals surface area contributed by atoms with Crippen molar-refractivity contribution >= 4 is 10.9 Å². The first-order chi connectivity index (χ1) is 7.75. The van der Waals surface area contributed by atoms with Gasteiger partial charge in [-0.2, -0.15) is 0 Å². The van der Waals surface area contributed by atoms with Crippen LogP contribution in [0.5, 0.6) is 0 Å². The first-order valence-corrected chi connectivity index (χ1v) is 5.76. The Labute approximate surface area is 93.7 Å². The molecule has 2 heterocycles. The molecule has 3 heteroatoms. The third kappa shape index (κ3) is 1.35. The molecule has 16 heavy (non-hydrogen) atoms. The summed E-state index contributed by atoms with van der Waals surface area (Å²) < 4.78 is 1.83. The second kappa shape index (κ2) is 3.44. The molecule has 3 nitrogen and oxygen atoms in total. The van der Waals surface area contributed by atoms with E-state index in [4.69, 9.17) is 0 Å². The Morgan fingerprint density at radius 1 is 1.31 bits per heavy atom. The zero-order chi connectivity index (χ0) is 11.1. The predicted octanol–water partition coefficient (Wildman–Crippen LogP) is 2.04. The van der Waals surface area contributed by atoms with Crippen molar-refractivity contribution in [2.75, 3.05) is 0 Å². The molecule has 0 amide bonds. The molecule has 1 aliphatic heterocycles. The van der Waals surface area contributed by atoms with Crippen LogP contribution < -0.4 is 5.56 Å². The van der Waals surface area contributed by atoms with Gasteiger partial charge in [0, 0.05) is 13.0 Å². The summed E-state index contributed by atoms with van der Waals surface area (Å²) in [6.07, 6.45) is 3.16. The fourth-order valence-corrected chi connectivity index (χ4v) is 2.35. The van der Waals surface area contributed by atoms with Gasteiger partial charge < -0.3 is 0 Å². The van der Waals surface area contributed by atoms with E-state index in [1.54, 1.807) is 0 Å². The summed E-state index contributed by atoms with van der Waals surface area (Å²) in [6.45, 7) is 2.85. The van der Waals surface area contributed by atoms with Crippen LogP contribution in [0.15, 0.2) is 23.0 Å². The van der Waals surface area contributed by atoms with E-state index in [1.807, 2.05) is 29.7 Å². The van der Waals surface area contributed by atoms with Gasteiger partial charge in [0.25, 0.3) is 5.56 Å². The van der Waals surface area contributed by atoms with Crippen molar-refractivity contribution < 1.29 is 0 Å². The van der Waals surface area contributed by atoms with Gasteiger partial charge in [-0.25, -0.2) is 4.98 Å². The smallest absolute Gasteiger partial charge is 0.261 e. The number of benzene rings is 1. The Bertz CT molecular complexity index is 613. The standard InChI is InChI=1S/C13H14N2O/c1-9-5-6-10-11(8-9)14-12-4-2-3-7-15(12)13(10)16/h5-6,8H,2-4,7H2,1H3. The summed E-state index contributed by atoms with van der Waals surface area (Å²) in [5.74, 6) is 0.953. The number of aromatic nitrogens is 2. The number of fused-ring (bicyclic) bond motifs is 2. The maximum Gasteiger partial charge on any atom is 0.261 e. The van der Waals surface area contributed by atoms with E-state index < -0.39 is 0 Å². The quantitative estimate of drug-likeness (QED) is 0.672. The lowest BCUT2D eigenvalue weighted by Gasteiger charge is -2.17. The molecule has 0 atom stereocenters. The van der Waals surface area contributed by atoms with Crippen LogP contribution in [0.25, 0.3) is 10.9 Å². The molecular weight excluding hydrogens is 200 g/mol. The Kier molecular flexibility index (Phi) is 2.06. The SMILES string of the molecule is Cc1ccc2c(=O)n3c(nc2c1)CCCC3. The fourth-order valence-electron chi connectivity index (χ4n) is 2.35. The minimum Gasteiger partial charge on any atom is -0.296 e. The van der Waals surface area contributed by atoms with Crippen molar-refractivity contribution in [1.82, 2.24) is 9.55 Å². The number of hydrogen-bond donors (Lipinski definition) is 0. The third-order valence-corrected chi connectivity index (χ3v) is 3.22. The molecule has 0 saturated heterocycles. The molecule has 0 fully saturated rings. The molecule has 82 valence electrons. The summed E-state index contributed by atoms with van der Waals surface area (Å²) in [5.41, 5.74) is 2.12. The number of rotatable bonds is 0. The molecule has 3 rings (SSSR count). The first-order valence-electron chi connectivity index (χ1n) is 5.76. The van der Waals surface area contributed by atoms with E-state index in [9.17, 15) is 4.79 Å². The van der Waals surface area contributed by atoms with Crippen LogP contribution in [0, 0.1) is 6.92 Å². The Morgan fingerprint density at radius 3 is 3.06 bits per heavy atom. The van der Waals surface area contributed by atoms with Crippen LogP contribution in [-0.2, 0) is 13.0 Å². The topological polar surface area (TPSA) is 34.9 Å². The molecule has 0 radical (unpaired) electrons. The Morgan fingerprint density at radius 2 is 2.19 bits per heavy atom. The average Bonchev–Trinajstić information content (AvgIpc) is 2.29. The Hall–Kier alpha value is -1.64. The summed E-state index contributed by atoms with van der Waals surface area (Å²) in [4.78, 5) is 16.8. The predicted molar refractivity (Wildman–Crippen MR) is 63.7 cm³/mol. The monoisotopic (exact) mass is 214 g/mol. The van der Waals surface area contributed by atoms with Crippen LogP contribution in [0.4, 0.5) is 0 Å². The lowest BCUT2D eigenvalue weighted by atomic mass is 10.1. The second-order valence-corrected chi connectivity index (χ2v) is 4.46. The summed E-state index contributed by atoms with van der Waals surface area (Å²) >= 11 is 0. The van der Waals surface area contributed by atoms with Gasteiger partial charge in [-0.05, 0) is 37.5 Å². The highest BCUT2D eigenvalue weighted by Crippen LogP contribution is 2.15. The largest absolute Gasteiger partial charge is 0.296 e. The minimum atomic E-state index is 0.125. The third-order valence-electron chi connectivity index (χ3n) is 3.22.